The molecule has 0 radical (unpaired) electrons. The van der Waals surface area contributed by atoms with Crippen molar-refractivity contribution >= 4 is 0 Å². The van der Waals surface area contributed by atoms with Crippen molar-refractivity contribution in [3.05, 3.63) is 0 Å². The predicted octanol–water partition coefficient (Wildman–Crippen LogP) is 2.63. The summed E-state index contributed by atoms with van der Waals surface area (Å²) >= 11 is 0. The first-order valence-electron chi connectivity index (χ1n) is 7.89. The smallest absolute Gasteiger partial charge is 0.157 e. The van der Waals surface area contributed by atoms with Crippen molar-refractivity contribution in [2.45, 2.75) is 76.3 Å². The fourth-order valence-electron chi connectivity index (χ4n) is 2.63. The van der Waals surface area contributed by atoms with Gasteiger partial charge in [0.1, 0.15) is 6.10 Å². The van der Waals surface area contributed by atoms with Gasteiger partial charge in [0, 0.05) is 13.2 Å². The van der Waals surface area contributed by atoms with Gasteiger partial charge in [-0.25, -0.2) is 0 Å². The molecule has 2 aliphatic heterocycles. The van der Waals surface area contributed by atoms with Crippen LogP contribution in [-0.2, 0) is 14.2 Å². The van der Waals surface area contributed by atoms with Crippen molar-refractivity contribution < 1.29 is 19.3 Å². The summed E-state index contributed by atoms with van der Waals surface area (Å²) in [4.78, 5) is 0. The molecule has 2 fully saturated rings. The van der Waals surface area contributed by atoms with Gasteiger partial charge in [0.05, 0.1) is 12.7 Å². The Kier molecular flexibility index (Phi) is 7.14. The minimum atomic E-state index is 0.0659. The molecule has 19 heavy (non-hydrogen) atoms. The Labute approximate surface area is 116 Å². The second kappa shape index (κ2) is 8.90. The minimum absolute atomic E-state index is 0.0659. The molecule has 0 aromatic rings. The van der Waals surface area contributed by atoms with Gasteiger partial charge >= 0.3 is 0 Å². The van der Waals surface area contributed by atoms with E-state index in [-0.39, 0.29) is 19.0 Å². The van der Waals surface area contributed by atoms with Gasteiger partial charge in [0.25, 0.3) is 0 Å². The van der Waals surface area contributed by atoms with E-state index in [4.69, 9.17) is 19.3 Å². The number of unbranched alkanes of at least 4 members (excludes halogenated alkanes) is 4. The van der Waals surface area contributed by atoms with E-state index in [9.17, 15) is 0 Å². The lowest BCUT2D eigenvalue weighted by atomic mass is 10.1. The van der Waals surface area contributed by atoms with Gasteiger partial charge in [0.2, 0.25) is 0 Å². The number of rotatable bonds is 10. The fourth-order valence-corrected chi connectivity index (χ4v) is 2.63. The summed E-state index contributed by atoms with van der Waals surface area (Å²) in [5.74, 6) is 0. The van der Waals surface area contributed by atoms with E-state index in [1.54, 1.807) is 0 Å². The van der Waals surface area contributed by atoms with E-state index in [1.165, 1.54) is 38.5 Å². The molecule has 0 bridgehead atoms. The lowest BCUT2D eigenvalue weighted by Gasteiger charge is -2.22. The molecule has 4 nitrogen and oxygen atoms in total. The Hall–Kier alpha value is -0.160. The minimum Gasteiger partial charge on any atom is -0.394 e. The normalized spacial score (nSPS) is 30.5. The largest absolute Gasteiger partial charge is 0.394 e. The molecular weight excluding hydrogens is 244 g/mol. The van der Waals surface area contributed by atoms with Crippen molar-refractivity contribution in [2.75, 3.05) is 19.8 Å². The van der Waals surface area contributed by atoms with E-state index in [0.717, 1.165) is 32.5 Å². The van der Waals surface area contributed by atoms with Gasteiger partial charge in [-0.05, 0) is 32.1 Å². The quantitative estimate of drug-likeness (QED) is 0.490. The van der Waals surface area contributed by atoms with Crippen LogP contribution in [0.25, 0.3) is 0 Å². The summed E-state index contributed by atoms with van der Waals surface area (Å²) in [5.41, 5.74) is 0. The summed E-state index contributed by atoms with van der Waals surface area (Å²) in [7, 11) is 0. The third-order valence-corrected chi connectivity index (χ3v) is 3.94. The van der Waals surface area contributed by atoms with Crippen molar-refractivity contribution in [3.8, 4) is 0 Å². The Morgan fingerprint density at radius 3 is 2.58 bits per heavy atom. The second-order valence-electron chi connectivity index (χ2n) is 5.62. The molecule has 0 amide bonds. The summed E-state index contributed by atoms with van der Waals surface area (Å²) in [5, 5.41) is 8.83. The van der Waals surface area contributed by atoms with Crippen molar-refractivity contribution in [3.63, 3.8) is 0 Å². The van der Waals surface area contributed by atoms with E-state index < -0.39 is 0 Å². The average Bonchev–Trinajstić information content (AvgIpc) is 3.21. The highest BCUT2D eigenvalue weighted by molar-refractivity contribution is 4.83. The fraction of sp³-hybridized carbons (Fsp3) is 1.00. The van der Waals surface area contributed by atoms with Crippen LogP contribution in [0.15, 0.2) is 0 Å². The molecule has 0 spiro atoms. The standard InChI is InChI=1S/C15H28O4/c16-12-14-13(19-14)8-4-2-1-3-6-10-17-15-9-5-7-11-18-15/h13-16H,1-12H2/t13-,14-,15?/m0/s1. The SMILES string of the molecule is OC[C@@H]1O[C@H]1CCCCCCCOC1CCCCO1. The van der Waals surface area contributed by atoms with E-state index in [0.29, 0.717) is 6.10 Å². The highest BCUT2D eigenvalue weighted by atomic mass is 16.7. The first-order chi connectivity index (χ1) is 9.40. The van der Waals surface area contributed by atoms with Gasteiger partial charge in [-0.15, -0.1) is 0 Å². The zero-order valence-corrected chi connectivity index (χ0v) is 11.9. The summed E-state index contributed by atoms with van der Waals surface area (Å²) in [6.07, 6.45) is 11.3. The second-order valence-corrected chi connectivity index (χ2v) is 5.62. The molecule has 2 saturated heterocycles. The maximum absolute atomic E-state index is 8.83. The van der Waals surface area contributed by atoms with Crippen LogP contribution in [-0.4, -0.2) is 43.4 Å². The zero-order valence-electron chi connectivity index (χ0n) is 11.9. The van der Waals surface area contributed by atoms with Gasteiger partial charge in [0.15, 0.2) is 6.29 Å². The molecule has 0 saturated carbocycles. The molecular formula is C15H28O4. The summed E-state index contributed by atoms with van der Waals surface area (Å²) < 4.78 is 16.5. The third kappa shape index (κ3) is 6.21. The molecule has 112 valence electrons. The molecule has 2 heterocycles. The lowest BCUT2D eigenvalue weighted by Crippen LogP contribution is -2.22. The molecule has 0 aromatic heterocycles. The zero-order chi connectivity index (χ0) is 13.3. The van der Waals surface area contributed by atoms with Crippen LogP contribution in [0, 0.1) is 0 Å². The number of epoxide rings is 1. The Morgan fingerprint density at radius 2 is 1.84 bits per heavy atom. The van der Waals surface area contributed by atoms with E-state index in [2.05, 4.69) is 0 Å². The molecule has 3 atom stereocenters. The van der Waals surface area contributed by atoms with Gasteiger partial charge in [-0.3, -0.25) is 0 Å². The topological polar surface area (TPSA) is 51.2 Å². The molecule has 2 aliphatic rings. The van der Waals surface area contributed by atoms with Crippen LogP contribution in [0.1, 0.15) is 57.8 Å². The summed E-state index contributed by atoms with van der Waals surface area (Å²) in [6.45, 7) is 1.89. The number of aliphatic hydroxyl groups excluding tert-OH is 1. The van der Waals surface area contributed by atoms with Gasteiger partial charge in [-0.1, -0.05) is 25.7 Å². The molecule has 1 N–H and O–H groups in total. The van der Waals surface area contributed by atoms with Crippen LogP contribution in [0.2, 0.25) is 0 Å². The first-order valence-corrected chi connectivity index (χ1v) is 7.89. The average molecular weight is 272 g/mol. The molecule has 1 unspecified atom stereocenters. The van der Waals surface area contributed by atoms with Gasteiger partial charge in [-0.2, -0.15) is 0 Å². The maximum atomic E-state index is 8.83. The number of ether oxygens (including phenoxy) is 3. The van der Waals surface area contributed by atoms with E-state index in [1.807, 2.05) is 0 Å². The monoisotopic (exact) mass is 272 g/mol. The highest BCUT2D eigenvalue weighted by Gasteiger charge is 2.36. The van der Waals surface area contributed by atoms with Crippen LogP contribution >= 0.6 is 0 Å². The molecule has 4 heteroatoms. The van der Waals surface area contributed by atoms with Crippen LogP contribution in [0.4, 0.5) is 0 Å². The van der Waals surface area contributed by atoms with E-state index >= 15 is 0 Å². The summed E-state index contributed by atoms with van der Waals surface area (Å²) in [6, 6.07) is 0. The van der Waals surface area contributed by atoms with Crippen LogP contribution in [0.5, 0.6) is 0 Å². The van der Waals surface area contributed by atoms with Crippen LogP contribution in [0.3, 0.4) is 0 Å². The van der Waals surface area contributed by atoms with Crippen molar-refractivity contribution in [2.24, 2.45) is 0 Å². The number of aliphatic hydroxyl groups is 1. The maximum Gasteiger partial charge on any atom is 0.157 e. The van der Waals surface area contributed by atoms with Crippen molar-refractivity contribution in [1.29, 1.82) is 0 Å². The number of hydrogen-bond donors (Lipinski definition) is 1. The lowest BCUT2D eigenvalue weighted by molar-refractivity contribution is -0.162. The Balaban J connectivity index is 1.31. The van der Waals surface area contributed by atoms with Crippen molar-refractivity contribution in [1.82, 2.24) is 0 Å². The molecule has 2 rings (SSSR count). The first kappa shape index (κ1) is 15.2. The Bertz CT molecular complexity index is 228. The molecule has 0 aromatic carbocycles. The van der Waals surface area contributed by atoms with Gasteiger partial charge < -0.3 is 19.3 Å². The highest BCUT2D eigenvalue weighted by Crippen LogP contribution is 2.26. The molecule has 0 aliphatic carbocycles. The Morgan fingerprint density at radius 1 is 1.00 bits per heavy atom. The predicted molar refractivity (Wildman–Crippen MR) is 73.0 cm³/mol. The van der Waals surface area contributed by atoms with Crippen LogP contribution < -0.4 is 0 Å². The third-order valence-electron chi connectivity index (χ3n) is 3.94. The number of hydrogen-bond acceptors (Lipinski definition) is 4.